The van der Waals surface area contributed by atoms with Crippen LogP contribution in [0.15, 0.2) is 30.3 Å². The maximum atomic E-state index is 12.7. The van der Waals surface area contributed by atoms with E-state index in [9.17, 15) is 9.90 Å². The van der Waals surface area contributed by atoms with E-state index < -0.39 is 13.9 Å². The average molecular weight is 394 g/mol. The Labute approximate surface area is 164 Å². The van der Waals surface area contributed by atoms with Gasteiger partial charge in [-0.2, -0.15) is 0 Å². The zero-order valence-corrected chi connectivity index (χ0v) is 18.6. The minimum atomic E-state index is -1.90. The van der Waals surface area contributed by atoms with Crippen molar-refractivity contribution in [1.29, 1.82) is 0 Å². The van der Waals surface area contributed by atoms with Gasteiger partial charge in [-0.05, 0) is 43.5 Å². The minimum absolute atomic E-state index is 0.0670. The van der Waals surface area contributed by atoms with Crippen molar-refractivity contribution in [1.82, 2.24) is 4.90 Å². The third-order valence-electron chi connectivity index (χ3n) is 5.85. The first-order valence-corrected chi connectivity index (χ1v) is 12.7. The van der Waals surface area contributed by atoms with Crippen molar-refractivity contribution in [3.63, 3.8) is 0 Å². The molecule has 1 aromatic carbocycles. The van der Waals surface area contributed by atoms with Crippen LogP contribution in [0.3, 0.4) is 0 Å². The van der Waals surface area contributed by atoms with Crippen molar-refractivity contribution in [3.8, 4) is 0 Å². The third kappa shape index (κ3) is 6.06. The highest BCUT2D eigenvalue weighted by Gasteiger charge is 2.41. The number of ether oxygens (including phenoxy) is 1. The van der Waals surface area contributed by atoms with Gasteiger partial charge in [0.15, 0.2) is 8.32 Å². The van der Waals surface area contributed by atoms with Gasteiger partial charge in [0, 0.05) is 0 Å². The molecule has 6 heteroatoms. The van der Waals surface area contributed by atoms with Crippen LogP contribution in [-0.2, 0) is 15.8 Å². The molecule has 152 valence electrons. The smallest absolute Gasteiger partial charge is 0.410 e. The molecule has 1 saturated heterocycles. The van der Waals surface area contributed by atoms with Crippen molar-refractivity contribution in [2.75, 3.05) is 13.2 Å². The maximum Gasteiger partial charge on any atom is 0.410 e. The van der Waals surface area contributed by atoms with E-state index in [1.165, 1.54) is 0 Å². The van der Waals surface area contributed by atoms with Crippen LogP contribution in [0.5, 0.6) is 0 Å². The number of nitrogens with zero attached hydrogens (tertiary/aromatic N) is 1. The van der Waals surface area contributed by atoms with Gasteiger partial charge >= 0.3 is 6.09 Å². The van der Waals surface area contributed by atoms with Crippen molar-refractivity contribution >= 4 is 14.4 Å². The Kier molecular flexibility index (Phi) is 6.76. The summed E-state index contributed by atoms with van der Waals surface area (Å²) in [4.78, 5) is 14.4. The molecule has 1 heterocycles. The summed E-state index contributed by atoms with van der Waals surface area (Å²) in [5, 5.41) is 10.6. The molecule has 2 atom stereocenters. The SMILES string of the molecule is CC(C)(C)[Si](C)(C)OC[C@@H]1CC[C@](C)(O)CN1C(=O)OCc1ccccc1. The third-order valence-corrected chi connectivity index (χ3v) is 10.4. The fraction of sp³-hybridized carbons (Fsp3) is 0.667. The highest BCUT2D eigenvalue weighted by Crippen LogP contribution is 2.37. The molecule has 0 aliphatic carbocycles. The summed E-state index contributed by atoms with van der Waals surface area (Å²) < 4.78 is 11.9. The van der Waals surface area contributed by atoms with Gasteiger partial charge in [0.25, 0.3) is 0 Å². The highest BCUT2D eigenvalue weighted by molar-refractivity contribution is 6.74. The minimum Gasteiger partial charge on any atom is -0.445 e. The van der Waals surface area contributed by atoms with E-state index in [1.807, 2.05) is 30.3 Å². The van der Waals surface area contributed by atoms with E-state index in [-0.39, 0.29) is 30.3 Å². The van der Waals surface area contributed by atoms with Crippen molar-refractivity contribution < 1.29 is 19.1 Å². The molecule has 1 N–H and O–H groups in total. The molecular formula is C21H35NO4Si. The Morgan fingerprint density at radius 2 is 1.93 bits per heavy atom. The first-order valence-electron chi connectivity index (χ1n) is 9.75. The van der Waals surface area contributed by atoms with Crippen LogP contribution in [-0.4, -0.2) is 49.2 Å². The Bertz CT molecular complexity index is 625. The quantitative estimate of drug-likeness (QED) is 0.745. The normalized spacial score (nSPS) is 24.0. The van der Waals surface area contributed by atoms with Crippen LogP contribution < -0.4 is 0 Å². The molecule has 5 nitrogen and oxygen atoms in total. The fourth-order valence-corrected chi connectivity index (χ4v) is 3.96. The monoisotopic (exact) mass is 393 g/mol. The number of benzene rings is 1. The molecule has 1 aliphatic rings. The second-order valence-corrected chi connectivity index (χ2v) is 14.2. The van der Waals surface area contributed by atoms with E-state index in [0.29, 0.717) is 19.4 Å². The summed E-state index contributed by atoms with van der Waals surface area (Å²) in [6.45, 7) is 13.8. The Morgan fingerprint density at radius 1 is 1.30 bits per heavy atom. The molecule has 1 aromatic rings. The number of hydrogen-bond acceptors (Lipinski definition) is 4. The maximum absolute atomic E-state index is 12.7. The van der Waals surface area contributed by atoms with Crippen molar-refractivity contribution in [2.24, 2.45) is 0 Å². The average Bonchev–Trinajstić information content (AvgIpc) is 2.58. The van der Waals surface area contributed by atoms with Crippen LogP contribution in [0.25, 0.3) is 0 Å². The van der Waals surface area contributed by atoms with E-state index in [2.05, 4.69) is 33.9 Å². The predicted molar refractivity (Wildman–Crippen MR) is 110 cm³/mol. The lowest BCUT2D eigenvalue weighted by Crippen LogP contribution is -2.56. The van der Waals surface area contributed by atoms with Crippen LogP contribution in [0.1, 0.15) is 46.1 Å². The summed E-state index contributed by atoms with van der Waals surface area (Å²) >= 11 is 0. The van der Waals surface area contributed by atoms with Gasteiger partial charge in [0.2, 0.25) is 0 Å². The van der Waals surface area contributed by atoms with Gasteiger partial charge < -0.3 is 19.2 Å². The number of aliphatic hydroxyl groups is 1. The van der Waals surface area contributed by atoms with Gasteiger partial charge in [0.05, 0.1) is 24.8 Å². The van der Waals surface area contributed by atoms with E-state index in [1.54, 1.807) is 11.8 Å². The van der Waals surface area contributed by atoms with Crippen LogP contribution in [0, 0.1) is 0 Å². The standard InChI is InChI=1S/C21H35NO4Si/c1-20(2,3)27(5,6)26-15-18-12-13-21(4,24)16-22(18)19(23)25-14-17-10-8-7-9-11-17/h7-11,18,24H,12-16H2,1-6H3/t18-,21-/m0/s1. The zero-order valence-electron chi connectivity index (χ0n) is 17.6. The first kappa shape index (κ1) is 21.9. The number of hydrogen-bond donors (Lipinski definition) is 1. The van der Waals surface area contributed by atoms with Crippen LogP contribution >= 0.6 is 0 Å². The molecule has 0 unspecified atom stereocenters. The van der Waals surface area contributed by atoms with Gasteiger partial charge in [0.1, 0.15) is 6.61 Å². The molecule has 27 heavy (non-hydrogen) atoms. The number of likely N-dealkylation sites (tertiary alicyclic amines) is 1. The molecule has 1 aliphatic heterocycles. The number of rotatable bonds is 5. The molecule has 0 aromatic heterocycles. The van der Waals surface area contributed by atoms with Crippen LogP contribution in [0.4, 0.5) is 4.79 Å². The Morgan fingerprint density at radius 3 is 2.52 bits per heavy atom. The molecular weight excluding hydrogens is 358 g/mol. The Balaban J connectivity index is 2.02. The lowest BCUT2D eigenvalue weighted by Gasteiger charge is -2.44. The number of carbonyl (C=O) groups excluding carboxylic acids is 1. The van der Waals surface area contributed by atoms with Crippen LogP contribution in [0.2, 0.25) is 18.1 Å². The summed E-state index contributed by atoms with van der Waals surface area (Å²) in [5.41, 5.74) is 0.0582. The second kappa shape index (κ2) is 8.33. The summed E-state index contributed by atoms with van der Waals surface area (Å²) in [5.74, 6) is 0. The molecule has 0 radical (unpaired) electrons. The Hall–Kier alpha value is -1.37. The fourth-order valence-electron chi connectivity index (χ4n) is 2.92. The van der Waals surface area contributed by atoms with Gasteiger partial charge in [-0.1, -0.05) is 51.1 Å². The summed E-state index contributed by atoms with van der Waals surface area (Å²) in [6, 6.07) is 9.56. The van der Waals surface area contributed by atoms with Crippen molar-refractivity contribution in [3.05, 3.63) is 35.9 Å². The van der Waals surface area contributed by atoms with Gasteiger partial charge in [-0.15, -0.1) is 0 Å². The number of amides is 1. The van der Waals surface area contributed by atoms with Crippen molar-refractivity contribution in [2.45, 2.75) is 76.9 Å². The molecule has 1 fully saturated rings. The largest absolute Gasteiger partial charge is 0.445 e. The number of carbonyl (C=O) groups is 1. The molecule has 2 rings (SSSR count). The van der Waals surface area contributed by atoms with E-state index in [4.69, 9.17) is 9.16 Å². The zero-order chi connectivity index (χ0) is 20.3. The predicted octanol–water partition coefficient (Wildman–Crippen LogP) is 4.56. The molecule has 0 bridgehead atoms. The van der Waals surface area contributed by atoms with E-state index >= 15 is 0 Å². The first-order chi connectivity index (χ1) is 12.4. The highest BCUT2D eigenvalue weighted by atomic mass is 28.4. The second-order valence-electron chi connectivity index (χ2n) is 9.43. The summed E-state index contributed by atoms with van der Waals surface area (Å²) in [6.07, 6.45) is 0.978. The summed E-state index contributed by atoms with van der Waals surface area (Å²) in [7, 11) is -1.90. The molecule has 0 saturated carbocycles. The van der Waals surface area contributed by atoms with Gasteiger partial charge in [-0.3, -0.25) is 0 Å². The van der Waals surface area contributed by atoms with Gasteiger partial charge in [-0.25, -0.2) is 4.79 Å². The van der Waals surface area contributed by atoms with E-state index in [0.717, 1.165) is 5.56 Å². The number of piperidine rings is 1. The lowest BCUT2D eigenvalue weighted by atomic mass is 9.91. The lowest BCUT2D eigenvalue weighted by molar-refractivity contribution is -0.0458. The topological polar surface area (TPSA) is 59.0 Å². The molecule has 1 amide bonds. The molecule has 0 spiro atoms. The number of β-amino-alcohol motifs (C(OH)–C–C–N with tert-alkyl or cyclic N) is 1.